The lowest BCUT2D eigenvalue weighted by molar-refractivity contribution is -0.154. The number of nitrogens with two attached hydrogens (primary N) is 1. The van der Waals surface area contributed by atoms with E-state index >= 15 is 0 Å². The second kappa shape index (κ2) is 50.2. The molecule has 0 saturated carbocycles. The molecule has 0 radical (unpaired) electrons. The predicted molar refractivity (Wildman–Crippen MR) is 266 cm³/mol. The van der Waals surface area contributed by atoms with Gasteiger partial charge in [-0.25, -0.2) is 4.57 Å². The minimum absolute atomic E-state index is 0.0972. The highest BCUT2D eigenvalue weighted by molar-refractivity contribution is 7.47. The number of phosphoric acid groups is 1. The molecular formula is C53H98NO7P. The van der Waals surface area contributed by atoms with Gasteiger partial charge in [0.15, 0.2) is 0 Å². The van der Waals surface area contributed by atoms with Gasteiger partial charge in [0.2, 0.25) is 0 Å². The number of ether oxygens (including phenoxy) is 2. The SMILES string of the molecule is CC/C=C\C/C=C\C/C=C\C/C=C\CCCCCCCCCCCOCC(COP(=O)(O)OCCN)OC(=O)CCCCCCCCCCC/C=C\CCCCCCCCCC. The highest BCUT2D eigenvalue weighted by Gasteiger charge is 2.25. The minimum atomic E-state index is -4.29. The summed E-state index contributed by atoms with van der Waals surface area (Å²) in [6, 6.07) is 0. The van der Waals surface area contributed by atoms with Gasteiger partial charge in [-0.05, 0) is 77.0 Å². The number of esters is 1. The summed E-state index contributed by atoms with van der Waals surface area (Å²) in [7, 11) is -4.29. The molecule has 2 unspecified atom stereocenters. The van der Waals surface area contributed by atoms with Crippen molar-refractivity contribution in [3.05, 3.63) is 60.8 Å². The van der Waals surface area contributed by atoms with Crippen molar-refractivity contribution in [3.8, 4) is 0 Å². The molecular weight excluding hydrogens is 794 g/mol. The number of allylic oxidation sites excluding steroid dienone is 10. The molecule has 3 N–H and O–H groups in total. The van der Waals surface area contributed by atoms with Crippen LogP contribution in [0, 0.1) is 0 Å². The standard InChI is InChI=1S/C53H98NO7P/c1-3-5-7-9-11-13-15-17-19-21-23-25-27-29-31-33-35-37-39-41-43-45-48-58-50-52(51-60-62(56,57)59-49-47-54)61-53(55)46-44-42-40-38-36-34-32-30-28-26-24-22-20-18-16-14-12-10-8-6-4-2/h5,7,11,13,17,19,22-25,52H,3-4,6,8-10,12,14-16,18,20-21,26-51,54H2,1-2H3,(H,56,57)/b7-5-,13-11-,19-17-,24-22-,25-23-. The Morgan fingerprint density at radius 3 is 1.37 bits per heavy atom. The Labute approximate surface area is 383 Å². The van der Waals surface area contributed by atoms with Crippen LogP contribution in [-0.2, 0) is 27.9 Å². The van der Waals surface area contributed by atoms with Gasteiger partial charge >= 0.3 is 13.8 Å². The van der Waals surface area contributed by atoms with Gasteiger partial charge in [-0.1, -0.05) is 209 Å². The Kier molecular flexibility index (Phi) is 48.7. The van der Waals surface area contributed by atoms with Crippen LogP contribution in [0.4, 0.5) is 0 Å². The summed E-state index contributed by atoms with van der Waals surface area (Å²) in [5.74, 6) is -0.334. The number of rotatable bonds is 49. The van der Waals surface area contributed by atoms with E-state index in [0.29, 0.717) is 13.0 Å². The zero-order valence-corrected chi connectivity index (χ0v) is 41.2. The van der Waals surface area contributed by atoms with E-state index in [9.17, 15) is 14.3 Å². The van der Waals surface area contributed by atoms with Crippen LogP contribution in [-0.4, -0.2) is 49.9 Å². The van der Waals surface area contributed by atoms with Crippen molar-refractivity contribution in [3.63, 3.8) is 0 Å². The molecule has 0 amide bonds. The summed E-state index contributed by atoms with van der Waals surface area (Å²) in [5, 5.41) is 0. The molecule has 0 rings (SSSR count). The molecule has 362 valence electrons. The van der Waals surface area contributed by atoms with Crippen molar-refractivity contribution in [2.75, 3.05) is 33.0 Å². The van der Waals surface area contributed by atoms with Crippen LogP contribution in [0.15, 0.2) is 60.8 Å². The molecule has 0 saturated heterocycles. The quantitative estimate of drug-likeness (QED) is 0.0268. The first kappa shape index (κ1) is 60.2. The fraction of sp³-hybridized carbons (Fsp3) is 0.792. The molecule has 0 aromatic carbocycles. The predicted octanol–water partition coefficient (Wildman–Crippen LogP) is 16.1. The van der Waals surface area contributed by atoms with Crippen LogP contribution in [0.25, 0.3) is 0 Å². The lowest BCUT2D eigenvalue weighted by atomic mass is 10.1. The van der Waals surface area contributed by atoms with E-state index in [4.69, 9.17) is 24.3 Å². The van der Waals surface area contributed by atoms with Crippen LogP contribution in [0.2, 0.25) is 0 Å². The zero-order chi connectivity index (χ0) is 45.1. The molecule has 0 heterocycles. The number of hydrogen-bond acceptors (Lipinski definition) is 7. The Hall–Kier alpha value is -1.80. The molecule has 0 spiro atoms. The molecule has 0 aliphatic carbocycles. The largest absolute Gasteiger partial charge is 0.472 e. The van der Waals surface area contributed by atoms with Gasteiger partial charge in [0.1, 0.15) is 6.10 Å². The summed E-state index contributed by atoms with van der Waals surface area (Å²) >= 11 is 0. The lowest BCUT2D eigenvalue weighted by Crippen LogP contribution is -2.28. The number of phosphoric ester groups is 1. The molecule has 8 nitrogen and oxygen atoms in total. The number of carbonyl (C=O) groups is 1. The maximum absolute atomic E-state index is 12.7. The second-order valence-electron chi connectivity index (χ2n) is 17.0. The first-order valence-corrected chi connectivity index (χ1v) is 27.3. The second-order valence-corrected chi connectivity index (χ2v) is 18.5. The van der Waals surface area contributed by atoms with Gasteiger partial charge in [0.25, 0.3) is 0 Å². The molecule has 0 aromatic rings. The topological polar surface area (TPSA) is 117 Å². The summed E-state index contributed by atoms with van der Waals surface area (Å²) in [5.41, 5.74) is 5.39. The van der Waals surface area contributed by atoms with Crippen molar-refractivity contribution in [1.29, 1.82) is 0 Å². The van der Waals surface area contributed by atoms with E-state index < -0.39 is 13.9 Å². The van der Waals surface area contributed by atoms with Crippen molar-refractivity contribution >= 4 is 13.8 Å². The van der Waals surface area contributed by atoms with Crippen molar-refractivity contribution in [2.24, 2.45) is 5.73 Å². The summed E-state index contributed by atoms with van der Waals surface area (Å²) in [6.07, 6.45) is 62.5. The minimum Gasteiger partial charge on any atom is -0.457 e. The highest BCUT2D eigenvalue weighted by Crippen LogP contribution is 2.43. The first-order chi connectivity index (χ1) is 30.4. The summed E-state index contributed by atoms with van der Waals surface area (Å²) in [4.78, 5) is 22.6. The van der Waals surface area contributed by atoms with Crippen LogP contribution in [0.3, 0.4) is 0 Å². The molecule has 0 bridgehead atoms. The normalized spacial score (nSPS) is 13.8. The van der Waals surface area contributed by atoms with Gasteiger partial charge in [0, 0.05) is 19.6 Å². The van der Waals surface area contributed by atoms with Crippen LogP contribution in [0.5, 0.6) is 0 Å². The first-order valence-electron chi connectivity index (χ1n) is 25.8. The monoisotopic (exact) mass is 892 g/mol. The molecule has 62 heavy (non-hydrogen) atoms. The van der Waals surface area contributed by atoms with E-state index in [2.05, 4.69) is 74.6 Å². The molecule has 0 fully saturated rings. The molecule has 0 aromatic heterocycles. The average molecular weight is 892 g/mol. The van der Waals surface area contributed by atoms with E-state index in [1.165, 1.54) is 154 Å². The fourth-order valence-corrected chi connectivity index (χ4v) is 7.93. The summed E-state index contributed by atoms with van der Waals surface area (Å²) < 4.78 is 33.6. The van der Waals surface area contributed by atoms with Crippen molar-refractivity contribution in [2.45, 2.75) is 238 Å². The molecule has 2 atom stereocenters. The third-order valence-electron chi connectivity index (χ3n) is 10.9. The highest BCUT2D eigenvalue weighted by atomic mass is 31.2. The maximum Gasteiger partial charge on any atom is 0.472 e. The Morgan fingerprint density at radius 2 is 0.903 bits per heavy atom. The van der Waals surface area contributed by atoms with E-state index in [0.717, 1.165) is 57.8 Å². The van der Waals surface area contributed by atoms with Crippen molar-refractivity contribution < 1.29 is 32.8 Å². The number of hydrogen-bond donors (Lipinski definition) is 2. The average Bonchev–Trinajstić information content (AvgIpc) is 3.26. The Morgan fingerprint density at radius 1 is 0.500 bits per heavy atom. The molecule has 9 heteroatoms. The van der Waals surface area contributed by atoms with Gasteiger partial charge in [-0.2, -0.15) is 0 Å². The van der Waals surface area contributed by atoms with E-state index in [1.54, 1.807) is 0 Å². The van der Waals surface area contributed by atoms with Crippen LogP contribution < -0.4 is 5.73 Å². The Bertz CT molecular complexity index is 1140. The molecule has 0 aliphatic heterocycles. The van der Waals surface area contributed by atoms with Crippen LogP contribution >= 0.6 is 7.82 Å². The summed E-state index contributed by atoms with van der Waals surface area (Å²) in [6.45, 7) is 4.82. The van der Waals surface area contributed by atoms with Crippen molar-refractivity contribution in [1.82, 2.24) is 0 Å². The number of unbranched alkanes of at least 4 members (excludes halogenated alkanes) is 26. The van der Waals surface area contributed by atoms with Gasteiger partial charge in [-0.15, -0.1) is 0 Å². The third kappa shape index (κ3) is 49.2. The van der Waals surface area contributed by atoms with Gasteiger partial charge in [-0.3, -0.25) is 13.8 Å². The third-order valence-corrected chi connectivity index (χ3v) is 11.9. The smallest absolute Gasteiger partial charge is 0.457 e. The molecule has 0 aliphatic rings. The zero-order valence-electron chi connectivity index (χ0n) is 40.3. The van der Waals surface area contributed by atoms with E-state index in [-0.39, 0.29) is 32.3 Å². The fourth-order valence-electron chi connectivity index (χ4n) is 7.16. The van der Waals surface area contributed by atoms with Gasteiger partial charge in [0.05, 0.1) is 19.8 Å². The van der Waals surface area contributed by atoms with Gasteiger partial charge < -0.3 is 20.1 Å². The van der Waals surface area contributed by atoms with E-state index in [1.807, 2.05) is 0 Å². The maximum atomic E-state index is 12.7. The van der Waals surface area contributed by atoms with Crippen LogP contribution in [0.1, 0.15) is 232 Å². The lowest BCUT2D eigenvalue weighted by Gasteiger charge is -2.20. The Balaban J connectivity index is 3.96. The number of carbonyl (C=O) groups excluding carboxylic acids is 1.